The van der Waals surface area contributed by atoms with E-state index >= 15 is 0 Å². The monoisotopic (exact) mass is 182 g/mol. The van der Waals surface area contributed by atoms with Crippen LogP contribution in [0.25, 0.3) is 0 Å². The van der Waals surface area contributed by atoms with E-state index in [1.165, 1.54) is 12.3 Å². The Morgan fingerprint density at radius 1 is 1.54 bits per heavy atom. The van der Waals surface area contributed by atoms with Gasteiger partial charge in [0.15, 0.2) is 0 Å². The van der Waals surface area contributed by atoms with Gasteiger partial charge in [-0.2, -0.15) is 0 Å². The van der Waals surface area contributed by atoms with Crippen molar-refractivity contribution in [2.24, 2.45) is 0 Å². The van der Waals surface area contributed by atoms with Crippen LogP contribution >= 0.6 is 0 Å². The number of aromatic carboxylic acids is 1. The number of aromatic nitrogens is 1. The molecule has 0 aliphatic rings. The molecule has 1 heterocycles. The summed E-state index contributed by atoms with van der Waals surface area (Å²) in [4.78, 5) is 14.3. The van der Waals surface area contributed by atoms with Crippen molar-refractivity contribution in [2.75, 3.05) is 18.5 Å². The Bertz CT molecular complexity index is 284. The molecule has 13 heavy (non-hydrogen) atoms. The maximum absolute atomic E-state index is 10.4. The lowest BCUT2D eigenvalue weighted by molar-refractivity contribution is 0.0696. The molecule has 0 bridgehead atoms. The summed E-state index contributed by atoms with van der Waals surface area (Å²) in [5.74, 6) is -0.444. The predicted octanol–water partition coefficient (Wildman–Crippen LogP) is 0.184. The number of aliphatic hydroxyl groups is 1. The van der Waals surface area contributed by atoms with Crippen LogP contribution in [0.15, 0.2) is 18.3 Å². The third-order valence-corrected chi connectivity index (χ3v) is 1.43. The van der Waals surface area contributed by atoms with Gasteiger partial charge in [-0.1, -0.05) is 0 Å². The molecule has 0 saturated heterocycles. The normalized spacial score (nSPS) is 9.62. The van der Waals surface area contributed by atoms with Gasteiger partial charge < -0.3 is 15.5 Å². The Morgan fingerprint density at radius 3 is 2.77 bits per heavy atom. The minimum Gasteiger partial charge on any atom is -0.478 e. The van der Waals surface area contributed by atoms with Gasteiger partial charge in [0.2, 0.25) is 0 Å². The molecule has 0 radical (unpaired) electrons. The van der Waals surface area contributed by atoms with Crippen LogP contribution in [0.3, 0.4) is 0 Å². The highest BCUT2D eigenvalue weighted by Gasteiger charge is 2.01. The van der Waals surface area contributed by atoms with E-state index in [4.69, 9.17) is 10.2 Å². The lowest BCUT2D eigenvalue weighted by Gasteiger charge is -2.02. The third-order valence-electron chi connectivity index (χ3n) is 1.43. The number of nitrogens with one attached hydrogen (secondary N) is 1. The minimum absolute atomic E-state index is 0.0162. The van der Waals surface area contributed by atoms with Gasteiger partial charge in [0.25, 0.3) is 0 Å². The van der Waals surface area contributed by atoms with Crippen LogP contribution in [0.2, 0.25) is 0 Å². The van der Waals surface area contributed by atoms with Gasteiger partial charge in [-0.05, 0) is 12.1 Å². The molecule has 0 saturated carbocycles. The fourth-order valence-electron chi connectivity index (χ4n) is 0.809. The van der Waals surface area contributed by atoms with Crippen molar-refractivity contribution < 1.29 is 15.0 Å². The lowest BCUT2D eigenvalue weighted by Crippen LogP contribution is -2.07. The summed E-state index contributed by atoms with van der Waals surface area (Å²) in [5.41, 5.74) is 0.148. The largest absolute Gasteiger partial charge is 0.478 e. The number of aliphatic hydroxyl groups excluding tert-OH is 1. The van der Waals surface area contributed by atoms with Gasteiger partial charge in [0.05, 0.1) is 12.2 Å². The Balaban J connectivity index is 2.64. The van der Waals surface area contributed by atoms with Crippen molar-refractivity contribution in [2.45, 2.75) is 0 Å². The van der Waals surface area contributed by atoms with E-state index in [2.05, 4.69) is 10.3 Å². The molecule has 70 valence electrons. The molecule has 1 rings (SSSR count). The summed E-state index contributed by atoms with van der Waals surface area (Å²) in [7, 11) is 0. The molecule has 0 atom stereocenters. The second-order valence-electron chi connectivity index (χ2n) is 2.39. The van der Waals surface area contributed by atoms with E-state index in [0.717, 1.165) is 0 Å². The number of hydrogen-bond donors (Lipinski definition) is 3. The van der Waals surface area contributed by atoms with E-state index in [1.54, 1.807) is 6.07 Å². The van der Waals surface area contributed by atoms with Crippen LogP contribution < -0.4 is 5.32 Å². The molecule has 1 aromatic rings. The highest BCUT2D eigenvalue weighted by atomic mass is 16.4. The Kier molecular flexibility index (Phi) is 3.22. The highest BCUT2D eigenvalue weighted by molar-refractivity contribution is 5.87. The van der Waals surface area contributed by atoms with Crippen molar-refractivity contribution in [3.05, 3.63) is 23.9 Å². The van der Waals surface area contributed by atoms with Crippen molar-refractivity contribution in [3.8, 4) is 0 Å². The molecular weight excluding hydrogens is 172 g/mol. The zero-order chi connectivity index (χ0) is 9.68. The summed E-state index contributed by atoms with van der Waals surface area (Å²) >= 11 is 0. The van der Waals surface area contributed by atoms with E-state index in [1.807, 2.05) is 0 Å². The first-order chi connectivity index (χ1) is 6.24. The van der Waals surface area contributed by atoms with Gasteiger partial charge in [-0.15, -0.1) is 0 Å². The van der Waals surface area contributed by atoms with Crippen molar-refractivity contribution in [3.63, 3.8) is 0 Å². The summed E-state index contributed by atoms with van der Waals surface area (Å²) in [6, 6.07) is 3.01. The average Bonchev–Trinajstić information content (AvgIpc) is 2.15. The maximum Gasteiger partial charge on any atom is 0.337 e. The molecule has 1 aromatic heterocycles. The topological polar surface area (TPSA) is 82.5 Å². The van der Waals surface area contributed by atoms with Crippen molar-refractivity contribution >= 4 is 11.8 Å². The van der Waals surface area contributed by atoms with Crippen molar-refractivity contribution in [1.29, 1.82) is 0 Å². The standard InChI is InChI=1S/C8H10N2O3/c11-4-3-9-7-2-1-6(5-10-7)8(12)13/h1-2,5,11H,3-4H2,(H,9,10)(H,12,13). The fraction of sp³-hybridized carbons (Fsp3) is 0.250. The van der Waals surface area contributed by atoms with Gasteiger partial charge in [0, 0.05) is 12.7 Å². The Morgan fingerprint density at radius 2 is 2.31 bits per heavy atom. The molecule has 0 spiro atoms. The average molecular weight is 182 g/mol. The number of anilines is 1. The van der Waals surface area contributed by atoms with Crippen LogP contribution in [0.1, 0.15) is 10.4 Å². The zero-order valence-electron chi connectivity index (χ0n) is 6.90. The predicted molar refractivity (Wildman–Crippen MR) is 46.8 cm³/mol. The molecule has 0 fully saturated rings. The van der Waals surface area contributed by atoms with E-state index in [0.29, 0.717) is 12.4 Å². The summed E-state index contributed by atoms with van der Waals surface area (Å²) in [6.45, 7) is 0.418. The van der Waals surface area contributed by atoms with Crippen LogP contribution in [-0.4, -0.2) is 34.3 Å². The number of carboxylic acids is 1. The van der Waals surface area contributed by atoms with Gasteiger partial charge in [0.1, 0.15) is 5.82 Å². The number of nitrogens with zero attached hydrogens (tertiary/aromatic N) is 1. The number of hydrogen-bond acceptors (Lipinski definition) is 4. The molecule has 5 nitrogen and oxygen atoms in total. The molecule has 0 aromatic carbocycles. The first kappa shape index (κ1) is 9.47. The summed E-state index contributed by atoms with van der Waals surface area (Å²) < 4.78 is 0. The molecule has 0 amide bonds. The first-order valence-electron chi connectivity index (χ1n) is 3.78. The van der Waals surface area contributed by atoms with Crippen molar-refractivity contribution in [1.82, 2.24) is 4.98 Å². The van der Waals surface area contributed by atoms with E-state index in [-0.39, 0.29) is 12.2 Å². The highest BCUT2D eigenvalue weighted by Crippen LogP contribution is 2.03. The van der Waals surface area contributed by atoms with Crippen LogP contribution in [0.4, 0.5) is 5.82 Å². The van der Waals surface area contributed by atoms with E-state index in [9.17, 15) is 4.79 Å². The van der Waals surface area contributed by atoms with Crippen LogP contribution in [0.5, 0.6) is 0 Å². The number of carboxylic acid groups (broad SMARTS) is 1. The van der Waals surface area contributed by atoms with Crippen LogP contribution in [0, 0.1) is 0 Å². The third kappa shape index (κ3) is 2.72. The second-order valence-corrected chi connectivity index (χ2v) is 2.39. The molecule has 0 aliphatic carbocycles. The summed E-state index contributed by atoms with van der Waals surface area (Å²) in [6.07, 6.45) is 1.27. The van der Waals surface area contributed by atoms with E-state index < -0.39 is 5.97 Å². The quantitative estimate of drug-likeness (QED) is 0.619. The lowest BCUT2D eigenvalue weighted by atomic mass is 10.3. The fourth-order valence-corrected chi connectivity index (χ4v) is 0.809. The minimum atomic E-state index is -0.999. The second kappa shape index (κ2) is 4.42. The smallest absolute Gasteiger partial charge is 0.337 e. The Labute approximate surface area is 75.0 Å². The molecule has 3 N–H and O–H groups in total. The zero-order valence-corrected chi connectivity index (χ0v) is 6.90. The SMILES string of the molecule is O=C(O)c1ccc(NCCO)nc1. The number of rotatable bonds is 4. The number of pyridine rings is 1. The molecule has 5 heteroatoms. The summed E-state index contributed by atoms with van der Waals surface area (Å²) in [5, 5.41) is 19.8. The van der Waals surface area contributed by atoms with Crippen LogP contribution in [-0.2, 0) is 0 Å². The first-order valence-corrected chi connectivity index (χ1v) is 3.78. The molecule has 0 aliphatic heterocycles. The van der Waals surface area contributed by atoms with Gasteiger partial charge >= 0.3 is 5.97 Å². The maximum atomic E-state index is 10.4. The van der Waals surface area contributed by atoms with Gasteiger partial charge in [-0.25, -0.2) is 9.78 Å². The molecule has 0 unspecified atom stereocenters. The molecular formula is C8H10N2O3. The Hall–Kier alpha value is -1.62. The van der Waals surface area contributed by atoms with Gasteiger partial charge in [-0.3, -0.25) is 0 Å². The number of carbonyl (C=O) groups is 1.